The van der Waals surface area contributed by atoms with Crippen molar-refractivity contribution in [1.82, 2.24) is 0 Å². The molecule has 0 aliphatic carbocycles. The molecule has 2 rings (SSSR count). The molecule has 2 N–H and O–H groups in total. The van der Waals surface area contributed by atoms with E-state index < -0.39 is 18.5 Å². The SMILES string of the molecule is Cc1cc(C)cc(NC(=O)COC(=O)CCC(=O)Nc2ccc(C)c(Cl)c2)c1. The fourth-order valence-electron chi connectivity index (χ4n) is 2.57. The van der Waals surface area contributed by atoms with Crippen LogP contribution in [0.3, 0.4) is 0 Å². The molecule has 7 heteroatoms. The molecule has 0 atom stereocenters. The van der Waals surface area contributed by atoms with Crippen LogP contribution in [0.5, 0.6) is 0 Å². The van der Waals surface area contributed by atoms with Crippen LogP contribution in [-0.2, 0) is 19.1 Å². The van der Waals surface area contributed by atoms with Gasteiger partial charge in [-0.05, 0) is 61.7 Å². The van der Waals surface area contributed by atoms with E-state index in [0.717, 1.165) is 16.7 Å². The summed E-state index contributed by atoms with van der Waals surface area (Å²) in [5.41, 5.74) is 4.15. The number of ether oxygens (including phenoxy) is 1. The Balaban J connectivity index is 1.72. The van der Waals surface area contributed by atoms with Crippen LogP contribution in [0.15, 0.2) is 36.4 Å². The lowest BCUT2D eigenvalue weighted by atomic mass is 10.1. The Labute approximate surface area is 169 Å². The first kappa shape index (κ1) is 21.4. The van der Waals surface area contributed by atoms with Gasteiger partial charge >= 0.3 is 5.97 Å². The zero-order chi connectivity index (χ0) is 20.7. The molecule has 28 heavy (non-hydrogen) atoms. The number of hydrogen-bond donors (Lipinski definition) is 2. The maximum absolute atomic E-state index is 11.9. The minimum atomic E-state index is -0.618. The van der Waals surface area contributed by atoms with Crippen LogP contribution >= 0.6 is 11.6 Å². The molecule has 2 aromatic carbocycles. The first-order valence-corrected chi connectivity index (χ1v) is 9.20. The molecule has 0 aliphatic heterocycles. The first-order chi connectivity index (χ1) is 13.2. The minimum Gasteiger partial charge on any atom is -0.456 e. The molecule has 6 nitrogen and oxygen atoms in total. The Morgan fingerprint density at radius 2 is 1.50 bits per heavy atom. The smallest absolute Gasteiger partial charge is 0.306 e. The average molecular weight is 403 g/mol. The molecule has 2 amide bonds. The third-order valence-electron chi connectivity index (χ3n) is 3.88. The standard InChI is InChI=1S/C21H23ClN2O4/c1-13-8-14(2)10-17(9-13)24-20(26)12-28-21(27)7-6-19(25)23-16-5-4-15(3)18(22)11-16/h4-5,8-11H,6-7,12H2,1-3H3,(H,23,25)(H,24,26). The Morgan fingerprint density at radius 1 is 0.857 bits per heavy atom. The molecule has 0 radical (unpaired) electrons. The van der Waals surface area contributed by atoms with Gasteiger partial charge in [0, 0.05) is 22.8 Å². The lowest BCUT2D eigenvalue weighted by Crippen LogP contribution is -2.22. The largest absolute Gasteiger partial charge is 0.456 e. The predicted octanol–water partition coefficient (Wildman–Crippen LogP) is 4.17. The third-order valence-corrected chi connectivity index (χ3v) is 4.29. The van der Waals surface area contributed by atoms with E-state index in [0.29, 0.717) is 16.4 Å². The first-order valence-electron chi connectivity index (χ1n) is 8.82. The van der Waals surface area contributed by atoms with Gasteiger partial charge in [-0.1, -0.05) is 23.7 Å². The van der Waals surface area contributed by atoms with Crippen molar-refractivity contribution in [3.63, 3.8) is 0 Å². The second-order valence-corrected chi connectivity index (χ2v) is 7.00. The van der Waals surface area contributed by atoms with E-state index in [-0.39, 0.29) is 18.7 Å². The molecular weight excluding hydrogens is 380 g/mol. The number of carbonyl (C=O) groups is 3. The number of hydrogen-bond acceptors (Lipinski definition) is 4. The second-order valence-electron chi connectivity index (χ2n) is 6.60. The highest BCUT2D eigenvalue weighted by Crippen LogP contribution is 2.20. The summed E-state index contributed by atoms with van der Waals surface area (Å²) in [4.78, 5) is 35.6. The Kier molecular flexibility index (Phi) is 7.58. The minimum absolute atomic E-state index is 0.0526. The molecule has 0 aliphatic rings. The molecule has 0 unspecified atom stereocenters. The number of amides is 2. The maximum Gasteiger partial charge on any atom is 0.306 e. The summed E-state index contributed by atoms with van der Waals surface area (Å²) in [5.74, 6) is -1.39. The van der Waals surface area contributed by atoms with E-state index in [1.165, 1.54) is 0 Å². The van der Waals surface area contributed by atoms with Crippen molar-refractivity contribution in [1.29, 1.82) is 0 Å². The molecule has 0 bridgehead atoms. The zero-order valence-corrected chi connectivity index (χ0v) is 16.9. The number of anilines is 2. The highest BCUT2D eigenvalue weighted by atomic mass is 35.5. The molecule has 0 spiro atoms. The predicted molar refractivity (Wildman–Crippen MR) is 110 cm³/mol. The molecular formula is C21H23ClN2O4. The van der Waals surface area contributed by atoms with Crippen LogP contribution < -0.4 is 10.6 Å². The van der Waals surface area contributed by atoms with Gasteiger partial charge in [0.15, 0.2) is 6.61 Å². The van der Waals surface area contributed by atoms with Crippen LogP contribution in [0, 0.1) is 20.8 Å². The van der Waals surface area contributed by atoms with E-state index in [4.69, 9.17) is 16.3 Å². The van der Waals surface area contributed by atoms with Gasteiger partial charge in [0.2, 0.25) is 5.91 Å². The monoisotopic (exact) mass is 402 g/mol. The van der Waals surface area contributed by atoms with Crippen molar-refractivity contribution >= 4 is 40.8 Å². The van der Waals surface area contributed by atoms with E-state index in [2.05, 4.69) is 10.6 Å². The summed E-state index contributed by atoms with van der Waals surface area (Å²) in [6, 6.07) is 10.8. The van der Waals surface area contributed by atoms with E-state index >= 15 is 0 Å². The topological polar surface area (TPSA) is 84.5 Å². The van der Waals surface area contributed by atoms with Gasteiger partial charge in [-0.3, -0.25) is 14.4 Å². The van der Waals surface area contributed by atoms with E-state index in [1.807, 2.05) is 39.0 Å². The van der Waals surface area contributed by atoms with E-state index in [9.17, 15) is 14.4 Å². The van der Waals surface area contributed by atoms with Gasteiger partial charge in [0.1, 0.15) is 0 Å². The molecule has 0 saturated heterocycles. The number of halogens is 1. The highest BCUT2D eigenvalue weighted by molar-refractivity contribution is 6.31. The molecule has 2 aromatic rings. The Bertz CT molecular complexity index is 876. The van der Waals surface area contributed by atoms with Crippen LogP contribution in [0.1, 0.15) is 29.5 Å². The summed E-state index contributed by atoms with van der Waals surface area (Å²) in [7, 11) is 0. The third kappa shape index (κ3) is 7.04. The zero-order valence-electron chi connectivity index (χ0n) is 16.1. The quantitative estimate of drug-likeness (QED) is 0.681. The molecule has 0 saturated carbocycles. The van der Waals surface area contributed by atoms with Crippen molar-refractivity contribution in [3.8, 4) is 0 Å². The molecule has 0 aromatic heterocycles. The van der Waals surface area contributed by atoms with Crippen molar-refractivity contribution in [2.75, 3.05) is 17.2 Å². The van der Waals surface area contributed by atoms with Crippen molar-refractivity contribution in [2.24, 2.45) is 0 Å². The van der Waals surface area contributed by atoms with Gasteiger partial charge < -0.3 is 15.4 Å². The Morgan fingerprint density at radius 3 is 2.14 bits per heavy atom. The van der Waals surface area contributed by atoms with Crippen molar-refractivity contribution in [2.45, 2.75) is 33.6 Å². The summed E-state index contributed by atoms with van der Waals surface area (Å²) >= 11 is 6.01. The summed E-state index contributed by atoms with van der Waals surface area (Å²) in [6.45, 7) is 5.32. The number of aryl methyl sites for hydroxylation is 3. The maximum atomic E-state index is 11.9. The average Bonchev–Trinajstić information content (AvgIpc) is 2.60. The summed E-state index contributed by atoms with van der Waals surface area (Å²) < 4.78 is 4.92. The lowest BCUT2D eigenvalue weighted by Gasteiger charge is -2.09. The number of carbonyl (C=O) groups excluding carboxylic acids is 3. The fourth-order valence-corrected chi connectivity index (χ4v) is 2.75. The van der Waals surface area contributed by atoms with E-state index in [1.54, 1.807) is 18.2 Å². The molecule has 148 valence electrons. The normalized spacial score (nSPS) is 10.3. The summed E-state index contributed by atoms with van der Waals surface area (Å²) in [6.07, 6.45) is -0.175. The van der Waals surface area contributed by atoms with Gasteiger partial charge in [-0.2, -0.15) is 0 Å². The number of nitrogens with one attached hydrogen (secondary N) is 2. The van der Waals surface area contributed by atoms with Crippen LogP contribution in [0.25, 0.3) is 0 Å². The summed E-state index contributed by atoms with van der Waals surface area (Å²) in [5, 5.41) is 5.89. The van der Waals surface area contributed by atoms with Crippen LogP contribution in [-0.4, -0.2) is 24.4 Å². The molecule has 0 fully saturated rings. The fraction of sp³-hybridized carbons (Fsp3) is 0.286. The van der Waals surface area contributed by atoms with Gasteiger partial charge in [-0.15, -0.1) is 0 Å². The lowest BCUT2D eigenvalue weighted by molar-refractivity contribution is -0.147. The second kappa shape index (κ2) is 9.90. The van der Waals surface area contributed by atoms with Gasteiger partial charge in [-0.25, -0.2) is 0 Å². The highest BCUT2D eigenvalue weighted by Gasteiger charge is 2.11. The van der Waals surface area contributed by atoms with Crippen LogP contribution in [0.2, 0.25) is 5.02 Å². The van der Waals surface area contributed by atoms with Crippen LogP contribution in [0.4, 0.5) is 11.4 Å². The van der Waals surface area contributed by atoms with Crippen molar-refractivity contribution in [3.05, 3.63) is 58.1 Å². The van der Waals surface area contributed by atoms with Gasteiger partial charge in [0.05, 0.1) is 6.42 Å². The number of esters is 1. The van der Waals surface area contributed by atoms with Gasteiger partial charge in [0.25, 0.3) is 5.91 Å². The van der Waals surface area contributed by atoms with Crippen molar-refractivity contribution < 1.29 is 19.1 Å². The Hall–Kier alpha value is -2.86. The number of rotatable bonds is 7. The number of benzene rings is 2. The molecule has 0 heterocycles.